The quantitative estimate of drug-likeness (QED) is 0.315. The van der Waals surface area contributed by atoms with Gasteiger partial charge in [0.2, 0.25) is 0 Å². The molecule has 0 spiro atoms. The Morgan fingerprint density at radius 3 is 1.86 bits per heavy atom. The van der Waals surface area contributed by atoms with E-state index < -0.39 is 0 Å². The Morgan fingerprint density at radius 1 is 1.71 bits per heavy atom. The molecule has 3 heteroatoms. The first-order chi connectivity index (χ1) is 3.33. The predicted octanol–water partition coefficient (Wildman–Crippen LogP) is 1.21. The van der Waals surface area contributed by atoms with Gasteiger partial charge in [-0.15, -0.1) is 19.2 Å². The Hall–Kier alpha value is 0.110. The van der Waals surface area contributed by atoms with Gasteiger partial charge in [-0.1, -0.05) is 6.08 Å². The van der Waals surface area contributed by atoms with Crippen LogP contribution in [0.15, 0.2) is 12.7 Å². The van der Waals surface area contributed by atoms with E-state index in [0.29, 0.717) is 5.62 Å². The van der Waals surface area contributed by atoms with Gasteiger partial charge in [0.05, 0.1) is 0 Å². The van der Waals surface area contributed by atoms with Crippen molar-refractivity contribution in [2.24, 2.45) is 0 Å². The highest BCUT2D eigenvalue weighted by Crippen LogP contribution is 1.65. The third kappa shape index (κ3) is 83.8. The molecule has 0 bridgehead atoms. The fourth-order valence-electron chi connectivity index (χ4n) is 0. The lowest BCUT2D eigenvalue weighted by Crippen LogP contribution is -1.45. The van der Waals surface area contributed by atoms with Gasteiger partial charge in [0.1, 0.15) is 0 Å². The minimum Gasteiger partial charge on any atom is -0.291 e. The van der Waals surface area contributed by atoms with Crippen molar-refractivity contribution < 1.29 is 4.79 Å². The average Bonchev–Trinajstić information content (AvgIpc) is 1.69. The molecule has 0 N–H and O–H groups in total. The summed E-state index contributed by atoms with van der Waals surface area (Å²) in [5, 5.41) is 0. The molecule has 0 amide bonds. The highest BCUT2D eigenvalue weighted by atomic mass is 32.1. The number of hydrogen-bond donors (Lipinski definition) is 2. The second-order valence-corrected chi connectivity index (χ2v) is 1.15. The molecule has 1 nitrogen and oxygen atoms in total. The van der Waals surface area contributed by atoms with Crippen LogP contribution >= 0.6 is 25.3 Å². The fraction of sp³-hybridized carbons (Fsp3) is 0.250. The van der Waals surface area contributed by atoms with Crippen LogP contribution in [0.5, 0.6) is 0 Å². The lowest BCUT2D eigenvalue weighted by molar-refractivity contribution is 0.570. The molecule has 0 aromatic rings. The first kappa shape index (κ1) is 10.2. The molecule has 0 aliphatic carbocycles. The van der Waals surface area contributed by atoms with Crippen molar-refractivity contribution >= 4 is 30.9 Å². The highest BCUT2D eigenvalue weighted by molar-refractivity contribution is 7.94. The van der Waals surface area contributed by atoms with Crippen LogP contribution in [-0.2, 0) is 4.79 Å². The lowest BCUT2D eigenvalue weighted by Gasteiger charge is -1.57. The van der Waals surface area contributed by atoms with Crippen LogP contribution in [-0.4, -0.2) is 11.4 Å². The SMILES string of the molecule is C=CCS.O=CS. The maximum absolute atomic E-state index is 8.67. The summed E-state index contributed by atoms with van der Waals surface area (Å²) < 4.78 is 0. The molecule has 0 atom stereocenters. The van der Waals surface area contributed by atoms with Crippen LogP contribution in [0.1, 0.15) is 0 Å². The molecular weight excluding hydrogens is 128 g/mol. The van der Waals surface area contributed by atoms with Crippen LogP contribution in [0.25, 0.3) is 0 Å². The molecule has 42 valence electrons. The van der Waals surface area contributed by atoms with Crippen molar-refractivity contribution in [1.29, 1.82) is 0 Å². The van der Waals surface area contributed by atoms with Gasteiger partial charge >= 0.3 is 0 Å². The fourth-order valence-corrected chi connectivity index (χ4v) is 0. The van der Waals surface area contributed by atoms with Gasteiger partial charge in [-0.25, -0.2) is 0 Å². The zero-order valence-corrected chi connectivity index (χ0v) is 5.66. The summed E-state index contributed by atoms with van der Waals surface area (Å²) in [7, 11) is 0. The van der Waals surface area contributed by atoms with Gasteiger partial charge in [0.25, 0.3) is 0 Å². The van der Waals surface area contributed by atoms with Crippen molar-refractivity contribution in [2.45, 2.75) is 0 Å². The van der Waals surface area contributed by atoms with Gasteiger partial charge < -0.3 is 0 Å². The largest absolute Gasteiger partial charge is 0.291 e. The highest BCUT2D eigenvalue weighted by Gasteiger charge is 1.45. The van der Waals surface area contributed by atoms with E-state index >= 15 is 0 Å². The van der Waals surface area contributed by atoms with Gasteiger partial charge in [-0.05, 0) is 0 Å². The maximum Gasteiger partial charge on any atom is 0.173 e. The molecule has 0 fully saturated rings. The zero-order valence-electron chi connectivity index (χ0n) is 3.87. The molecule has 0 aromatic heterocycles. The van der Waals surface area contributed by atoms with E-state index in [4.69, 9.17) is 4.79 Å². The standard InChI is InChI=1S/C3H6S.CH2OS/c1-2-3-4;2-1-3/h2,4H,1,3H2;1H,(H,2,3). The summed E-state index contributed by atoms with van der Waals surface area (Å²) in [6.07, 6.45) is 1.74. The predicted molar refractivity (Wildman–Crippen MR) is 39.8 cm³/mol. The summed E-state index contributed by atoms with van der Waals surface area (Å²) in [6.45, 7) is 3.40. The molecule has 0 rings (SSSR count). The monoisotopic (exact) mass is 136 g/mol. The Kier molecular flexibility index (Phi) is 24.0. The number of hydrogen-bond acceptors (Lipinski definition) is 2. The second kappa shape index (κ2) is 16.5. The Morgan fingerprint density at radius 2 is 1.86 bits per heavy atom. The van der Waals surface area contributed by atoms with Gasteiger partial charge in [0.15, 0.2) is 5.62 Å². The number of rotatable bonds is 1. The molecule has 0 radical (unpaired) electrons. The van der Waals surface area contributed by atoms with E-state index in [9.17, 15) is 0 Å². The number of thiol groups is 2. The Labute approximate surface area is 54.6 Å². The Balaban J connectivity index is 0. The first-order valence-corrected chi connectivity index (χ1v) is 2.78. The molecular formula is C4H8OS2. The van der Waals surface area contributed by atoms with Crippen molar-refractivity contribution in [3.8, 4) is 0 Å². The average molecular weight is 136 g/mol. The van der Waals surface area contributed by atoms with Crippen LogP contribution in [0.3, 0.4) is 0 Å². The van der Waals surface area contributed by atoms with Gasteiger partial charge in [0, 0.05) is 5.75 Å². The second-order valence-electron chi connectivity index (χ2n) is 0.577. The summed E-state index contributed by atoms with van der Waals surface area (Å²) >= 11 is 6.91. The molecule has 0 heterocycles. The topological polar surface area (TPSA) is 17.1 Å². The van der Waals surface area contributed by atoms with E-state index in [1.54, 1.807) is 6.08 Å². The van der Waals surface area contributed by atoms with E-state index in [-0.39, 0.29) is 0 Å². The normalized spacial score (nSPS) is 5.43. The van der Waals surface area contributed by atoms with E-state index in [2.05, 4.69) is 31.8 Å². The van der Waals surface area contributed by atoms with Crippen LogP contribution in [0, 0.1) is 0 Å². The molecule has 0 aliphatic heterocycles. The van der Waals surface area contributed by atoms with Crippen molar-refractivity contribution in [2.75, 3.05) is 5.75 Å². The van der Waals surface area contributed by atoms with Gasteiger partial charge in [-0.2, -0.15) is 12.6 Å². The Bertz CT molecular complexity index is 45.0. The zero-order chi connectivity index (χ0) is 6.12. The van der Waals surface area contributed by atoms with Gasteiger partial charge in [-0.3, -0.25) is 4.79 Å². The van der Waals surface area contributed by atoms with Crippen LogP contribution in [0.4, 0.5) is 0 Å². The van der Waals surface area contributed by atoms with Crippen LogP contribution in [0.2, 0.25) is 0 Å². The summed E-state index contributed by atoms with van der Waals surface area (Å²) in [6, 6.07) is 0. The number of carbonyl (C=O) groups excluding carboxylic acids is 1. The lowest BCUT2D eigenvalue weighted by atomic mass is 10.8. The van der Waals surface area contributed by atoms with E-state index in [0.717, 1.165) is 5.75 Å². The maximum atomic E-state index is 8.67. The smallest absolute Gasteiger partial charge is 0.173 e. The first-order valence-electron chi connectivity index (χ1n) is 1.63. The molecule has 0 saturated carbocycles. The molecule has 0 saturated heterocycles. The minimum atomic E-state index is 0.444. The minimum absolute atomic E-state index is 0.444. The molecule has 0 aliphatic rings. The van der Waals surface area contributed by atoms with Crippen LogP contribution < -0.4 is 0 Å². The van der Waals surface area contributed by atoms with E-state index in [1.807, 2.05) is 0 Å². The molecule has 0 unspecified atom stereocenters. The third-order valence-corrected chi connectivity index (χ3v) is 0.387. The van der Waals surface area contributed by atoms with Crippen molar-refractivity contribution in [3.63, 3.8) is 0 Å². The summed E-state index contributed by atoms with van der Waals surface area (Å²) in [5.74, 6) is 0.778. The number of carbonyl (C=O) groups is 1. The van der Waals surface area contributed by atoms with E-state index in [1.165, 1.54) is 0 Å². The van der Waals surface area contributed by atoms with Crippen molar-refractivity contribution in [1.82, 2.24) is 0 Å². The molecule has 0 aromatic carbocycles. The van der Waals surface area contributed by atoms with Crippen molar-refractivity contribution in [3.05, 3.63) is 12.7 Å². The summed E-state index contributed by atoms with van der Waals surface area (Å²) in [5.41, 5.74) is 0.444. The third-order valence-electron chi connectivity index (χ3n) is 0.129. The molecule has 7 heavy (non-hydrogen) atoms. The summed E-state index contributed by atoms with van der Waals surface area (Å²) in [4.78, 5) is 8.67.